The van der Waals surface area contributed by atoms with Crippen LogP contribution in [-0.2, 0) is 4.74 Å². The molecule has 118 valence electrons. The van der Waals surface area contributed by atoms with Crippen molar-refractivity contribution in [1.82, 2.24) is 19.9 Å². The molecule has 1 fully saturated rings. The fraction of sp³-hybridized carbons (Fsp3) is 0.533. The smallest absolute Gasteiger partial charge is 0.158 e. The zero-order valence-electron chi connectivity index (χ0n) is 12.6. The van der Waals surface area contributed by atoms with Gasteiger partial charge in [-0.15, -0.1) is 0 Å². The van der Waals surface area contributed by atoms with E-state index in [4.69, 9.17) is 21.1 Å². The van der Waals surface area contributed by atoms with Crippen LogP contribution in [0.3, 0.4) is 0 Å². The van der Waals surface area contributed by atoms with E-state index in [1.165, 1.54) is 6.33 Å². The normalized spacial score (nSPS) is 16.1. The number of rotatable bonds is 5. The molecule has 22 heavy (non-hydrogen) atoms. The molecule has 3 heterocycles. The van der Waals surface area contributed by atoms with E-state index >= 15 is 0 Å². The van der Waals surface area contributed by atoms with Crippen molar-refractivity contribution in [3.63, 3.8) is 0 Å². The van der Waals surface area contributed by atoms with Crippen LogP contribution in [0.25, 0.3) is 11.0 Å². The predicted octanol–water partition coefficient (Wildman–Crippen LogP) is 2.09. The van der Waals surface area contributed by atoms with Gasteiger partial charge in [0.25, 0.3) is 0 Å². The summed E-state index contributed by atoms with van der Waals surface area (Å²) < 4.78 is 11.2. The highest BCUT2D eigenvalue weighted by molar-refractivity contribution is 6.33. The molecule has 0 aliphatic carbocycles. The zero-order chi connectivity index (χ0) is 15.4. The van der Waals surface area contributed by atoms with Gasteiger partial charge in [-0.05, 0) is 13.3 Å². The van der Waals surface area contributed by atoms with E-state index in [1.54, 1.807) is 0 Å². The van der Waals surface area contributed by atoms with Crippen molar-refractivity contribution in [2.24, 2.45) is 0 Å². The zero-order valence-corrected chi connectivity index (χ0v) is 13.3. The number of morpholine rings is 1. The number of halogens is 1. The average molecular weight is 323 g/mol. The van der Waals surface area contributed by atoms with Gasteiger partial charge in [0, 0.05) is 25.7 Å². The average Bonchev–Trinajstić information content (AvgIpc) is 2.54. The Balaban J connectivity index is 1.58. The molecule has 7 heteroatoms. The number of hydrogen-bond acceptors (Lipinski definition) is 6. The first-order valence-corrected chi connectivity index (χ1v) is 7.82. The molecule has 0 aromatic carbocycles. The van der Waals surface area contributed by atoms with Crippen molar-refractivity contribution < 1.29 is 9.47 Å². The molecule has 0 unspecified atom stereocenters. The Morgan fingerprint density at radius 3 is 2.95 bits per heavy atom. The van der Waals surface area contributed by atoms with E-state index in [9.17, 15) is 0 Å². The Hall–Kier alpha value is -1.50. The fourth-order valence-electron chi connectivity index (χ4n) is 2.47. The minimum Gasteiger partial charge on any atom is -0.492 e. The summed E-state index contributed by atoms with van der Waals surface area (Å²) in [6.45, 7) is 7.25. The Kier molecular flexibility index (Phi) is 5.02. The quantitative estimate of drug-likeness (QED) is 0.620. The van der Waals surface area contributed by atoms with E-state index in [-0.39, 0.29) is 0 Å². The van der Waals surface area contributed by atoms with Crippen molar-refractivity contribution in [1.29, 1.82) is 0 Å². The summed E-state index contributed by atoms with van der Waals surface area (Å²) in [6.07, 6.45) is 2.41. The first-order chi connectivity index (χ1) is 10.7. The van der Waals surface area contributed by atoms with Gasteiger partial charge >= 0.3 is 0 Å². The fourth-order valence-corrected chi connectivity index (χ4v) is 2.65. The molecule has 1 saturated heterocycles. The molecule has 6 nitrogen and oxygen atoms in total. The number of hydrogen-bond donors (Lipinski definition) is 0. The molecule has 0 atom stereocenters. The van der Waals surface area contributed by atoms with Crippen LogP contribution in [0, 0.1) is 6.92 Å². The van der Waals surface area contributed by atoms with Crippen molar-refractivity contribution in [3.05, 3.63) is 23.2 Å². The van der Waals surface area contributed by atoms with Gasteiger partial charge < -0.3 is 9.47 Å². The maximum Gasteiger partial charge on any atom is 0.158 e. The lowest BCUT2D eigenvalue weighted by Crippen LogP contribution is -2.37. The molecule has 0 bridgehead atoms. The minimum atomic E-state index is 0.368. The molecule has 0 spiro atoms. The van der Waals surface area contributed by atoms with Crippen molar-refractivity contribution >= 4 is 22.6 Å². The number of ether oxygens (including phenoxy) is 2. The van der Waals surface area contributed by atoms with Crippen LogP contribution in [-0.4, -0.2) is 59.3 Å². The summed E-state index contributed by atoms with van der Waals surface area (Å²) in [5.41, 5.74) is 2.12. The molecule has 0 saturated carbocycles. The van der Waals surface area contributed by atoms with E-state index in [0.29, 0.717) is 22.8 Å². The molecular weight excluding hydrogens is 304 g/mol. The Labute approximate surface area is 134 Å². The maximum atomic E-state index is 6.02. The third-order valence-corrected chi connectivity index (χ3v) is 3.97. The van der Waals surface area contributed by atoms with Crippen LogP contribution in [0.4, 0.5) is 0 Å². The van der Waals surface area contributed by atoms with Gasteiger partial charge in [0.05, 0.1) is 31.0 Å². The van der Waals surface area contributed by atoms with Crippen molar-refractivity contribution in [3.8, 4) is 5.75 Å². The van der Waals surface area contributed by atoms with Crippen molar-refractivity contribution in [2.45, 2.75) is 13.3 Å². The van der Waals surface area contributed by atoms with E-state index in [2.05, 4.69) is 19.9 Å². The summed E-state index contributed by atoms with van der Waals surface area (Å²) in [5, 5.41) is 0.368. The third-order valence-electron chi connectivity index (χ3n) is 3.69. The Morgan fingerprint density at radius 1 is 1.32 bits per heavy atom. The summed E-state index contributed by atoms with van der Waals surface area (Å²) in [5.74, 6) is 0.754. The van der Waals surface area contributed by atoms with Crippen LogP contribution < -0.4 is 4.74 Å². The molecule has 0 radical (unpaired) electrons. The number of aryl methyl sites for hydroxylation is 1. The Morgan fingerprint density at radius 2 is 2.14 bits per heavy atom. The van der Waals surface area contributed by atoms with Crippen molar-refractivity contribution in [2.75, 3.05) is 39.5 Å². The van der Waals surface area contributed by atoms with Gasteiger partial charge in [0.1, 0.15) is 17.6 Å². The highest BCUT2D eigenvalue weighted by Crippen LogP contribution is 2.24. The molecule has 1 aliphatic rings. The standard InChI is InChI=1S/C15H19ClN4O2/c1-11-13(9-12-14(19-11)15(16)18-10-17-12)22-6-2-3-20-4-7-21-8-5-20/h9-10H,2-8H2,1H3. The number of aromatic nitrogens is 3. The van der Waals surface area contributed by atoms with Gasteiger partial charge in [-0.1, -0.05) is 11.6 Å². The SMILES string of the molecule is Cc1nc2c(Cl)ncnc2cc1OCCCN1CCOCC1. The highest BCUT2D eigenvalue weighted by Gasteiger charge is 2.11. The number of fused-ring (bicyclic) bond motifs is 1. The van der Waals surface area contributed by atoms with Gasteiger partial charge in [-0.3, -0.25) is 4.90 Å². The number of nitrogens with zero attached hydrogens (tertiary/aromatic N) is 4. The van der Waals surface area contributed by atoms with Gasteiger partial charge in [-0.2, -0.15) is 0 Å². The number of pyridine rings is 1. The largest absolute Gasteiger partial charge is 0.492 e. The molecular formula is C15H19ClN4O2. The summed E-state index contributed by atoms with van der Waals surface area (Å²) >= 11 is 6.02. The van der Waals surface area contributed by atoms with Gasteiger partial charge in [0.15, 0.2) is 5.15 Å². The molecule has 1 aliphatic heterocycles. The highest BCUT2D eigenvalue weighted by atomic mass is 35.5. The lowest BCUT2D eigenvalue weighted by molar-refractivity contribution is 0.0358. The Bertz CT molecular complexity index is 647. The van der Waals surface area contributed by atoms with Crippen LogP contribution in [0.2, 0.25) is 5.15 Å². The first-order valence-electron chi connectivity index (χ1n) is 7.45. The lowest BCUT2D eigenvalue weighted by atomic mass is 10.3. The van der Waals surface area contributed by atoms with E-state index in [0.717, 1.165) is 50.7 Å². The molecule has 3 rings (SSSR count). The molecule has 0 N–H and O–H groups in total. The van der Waals surface area contributed by atoms with E-state index < -0.39 is 0 Å². The molecule has 2 aromatic rings. The summed E-state index contributed by atoms with van der Waals surface area (Å²) in [6, 6.07) is 1.87. The van der Waals surface area contributed by atoms with Crippen LogP contribution in [0.5, 0.6) is 5.75 Å². The first kappa shape index (κ1) is 15.4. The third kappa shape index (κ3) is 3.63. The van der Waals surface area contributed by atoms with Gasteiger partial charge in [0.2, 0.25) is 0 Å². The maximum absolute atomic E-state index is 6.02. The monoisotopic (exact) mass is 322 g/mol. The van der Waals surface area contributed by atoms with E-state index in [1.807, 2.05) is 13.0 Å². The topological polar surface area (TPSA) is 60.4 Å². The molecule has 2 aromatic heterocycles. The van der Waals surface area contributed by atoms with Crippen LogP contribution in [0.15, 0.2) is 12.4 Å². The lowest BCUT2D eigenvalue weighted by Gasteiger charge is -2.26. The second-order valence-corrected chi connectivity index (χ2v) is 5.62. The van der Waals surface area contributed by atoms with Gasteiger partial charge in [-0.25, -0.2) is 15.0 Å². The minimum absolute atomic E-state index is 0.368. The predicted molar refractivity (Wildman–Crippen MR) is 84.5 cm³/mol. The van der Waals surface area contributed by atoms with Crippen LogP contribution in [0.1, 0.15) is 12.1 Å². The van der Waals surface area contributed by atoms with Crippen LogP contribution >= 0.6 is 11.6 Å². The summed E-state index contributed by atoms with van der Waals surface area (Å²) in [4.78, 5) is 15.0. The molecule has 0 amide bonds. The second-order valence-electron chi connectivity index (χ2n) is 5.26. The second kappa shape index (κ2) is 7.17. The summed E-state index contributed by atoms with van der Waals surface area (Å²) in [7, 11) is 0.